The molecule has 0 bridgehead atoms. The van der Waals surface area contributed by atoms with Crippen LogP contribution in [0.5, 0.6) is 5.75 Å². The molecule has 11 heteroatoms. The van der Waals surface area contributed by atoms with E-state index < -0.39 is 30.6 Å². The van der Waals surface area contributed by atoms with Gasteiger partial charge in [0.15, 0.2) is 6.61 Å². The summed E-state index contributed by atoms with van der Waals surface area (Å²) in [5, 5.41) is 6.75. The lowest BCUT2D eigenvalue weighted by Crippen LogP contribution is -2.21. The van der Waals surface area contributed by atoms with Crippen LogP contribution in [-0.2, 0) is 16.1 Å². The van der Waals surface area contributed by atoms with Crippen molar-refractivity contribution in [3.8, 4) is 5.75 Å². The lowest BCUT2D eigenvalue weighted by molar-refractivity contribution is -0.274. The summed E-state index contributed by atoms with van der Waals surface area (Å²) >= 11 is 6.32. The molecule has 3 aromatic rings. The van der Waals surface area contributed by atoms with E-state index in [1.807, 2.05) is 31.2 Å². The minimum Gasteiger partial charge on any atom is -0.452 e. The van der Waals surface area contributed by atoms with Crippen molar-refractivity contribution < 1.29 is 32.2 Å². The third-order valence-corrected chi connectivity index (χ3v) is 4.81. The Hall–Kier alpha value is -3.53. The molecule has 0 spiro atoms. The number of nitrogens with one attached hydrogen (secondary N) is 1. The van der Waals surface area contributed by atoms with Gasteiger partial charge in [-0.3, -0.25) is 4.79 Å². The minimum atomic E-state index is -4.81. The van der Waals surface area contributed by atoms with Crippen LogP contribution >= 0.6 is 11.6 Å². The molecule has 2 aromatic carbocycles. The highest BCUT2D eigenvalue weighted by Crippen LogP contribution is 2.24. The second-order valence-corrected chi connectivity index (χ2v) is 7.45. The van der Waals surface area contributed by atoms with E-state index in [9.17, 15) is 22.8 Å². The Morgan fingerprint density at radius 1 is 1.06 bits per heavy atom. The number of anilines is 1. The van der Waals surface area contributed by atoms with E-state index in [1.54, 1.807) is 6.92 Å². The van der Waals surface area contributed by atoms with Crippen LogP contribution in [-0.4, -0.2) is 34.6 Å². The van der Waals surface area contributed by atoms with E-state index in [4.69, 9.17) is 16.3 Å². The highest BCUT2D eigenvalue weighted by molar-refractivity contribution is 6.32. The largest absolute Gasteiger partial charge is 0.573 e. The van der Waals surface area contributed by atoms with E-state index in [1.165, 1.54) is 16.8 Å². The minimum absolute atomic E-state index is 0.0465. The summed E-state index contributed by atoms with van der Waals surface area (Å²) in [6, 6.07) is 12.3. The van der Waals surface area contributed by atoms with Gasteiger partial charge in [0, 0.05) is 5.69 Å². The number of benzene rings is 2. The molecule has 174 valence electrons. The van der Waals surface area contributed by atoms with Crippen LogP contribution in [0.1, 0.15) is 27.2 Å². The van der Waals surface area contributed by atoms with Crippen molar-refractivity contribution in [2.24, 2.45) is 0 Å². The summed E-state index contributed by atoms with van der Waals surface area (Å²) in [5.41, 5.74) is 2.64. The van der Waals surface area contributed by atoms with Crippen molar-refractivity contribution in [2.45, 2.75) is 26.8 Å². The van der Waals surface area contributed by atoms with E-state index in [0.29, 0.717) is 12.2 Å². The third-order valence-electron chi connectivity index (χ3n) is 4.43. The zero-order chi connectivity index (χ0) is 24.2. The molecule has 1 amide bonds. The van der Waals surface area contributed by atoms with Gasteiger partial charge in [0.05, 0.1) is 12.2 Å². The number of rotatable bonds is 7. The number of esters is 1. The Balaban J connectivity index is 1.57. The first kappa shape index (κ1) is 24.1. The molecule has 0 saturated heterocycles. The zero-order valence-electron chi connectivity index (χ0n) is 17.6. The van der Waals surface area contributed by atoms with Crippen molar-refractivity contribution in [1.29, 1.82) is 0 Å². The number of ether oxygens (including phenoxy) is 2. The molecule has 33 heavy (non-hydrogen) atoms. The van der Waals surface area contributed by atoms with Crippen LogP contribution in [0, 0.1) is 13.8 Å². The topological polar surface area (TPSA) is 82.5 Å². The van der Waals surface area contributed by atoms with E-state index in [2.05, 4.69) is 15.2 Å². The van der Waals surface area contributed by atoms with Crippen LogP contribution in [0.3, 0.4) is 0 Å². The van der Waals surface area contributed by atoms with Gasteiger partial charge in [-0.05, 0) is 43.7 Å². The molecule has 7 nitrogen and oxygen atoms in total. The fourth-order valence-electron chi connectivity index (χ4n) is 2.90. The second kappa shape index (κ2) is 9.95. The zero-order valence-corrected chi connectivity index (χ0v) is 18.3. The molecule has 0 saturated carbocycles. The van der Waals surface area contributed by atoms with Crippen LogP contribution < -0.4 is 10.1 Å². The summed E-state index contributed by atoms with van der Waals surface area (Å²) in [6.07, 6.45) is -4.81. The fraction of sp³-hybridized carbons (Fsp3) is 0.227. The van der Waals surface area contributed by atoms with Crippen LogP contribution in [0.2, 0.25) is 5.15 Å². The number of alkyl halides is 3. The van der Waals surface area contributed by atoms with Gasteiger partial charge in [-0.1, -0.05) is 41.4 Å². The summed E-state index contributed by atoms with van der Waals surface area (Å²) in [5.74, 6) is -1.94. The van der Waals surface area contributed by atoms with Crippen molar-refractivity contribution >= 4 is 29.2 Å². The smallest absolute Gasteiger partial charge is 0.452 e. The number of aromatic nitrogens is 2. The predicted molar refractivity (Wildman–Crippen MR) is 114 cm³/mol. The van der Waals surface area contributed by atoms with Gasteiger partial charge in [0.1, 0.15) is 16.5 Å². The first-order chi connectivity index (χ1) is 15.5. The number of halogens is 4. The fourth-order valence-corrected chi connectivity index (χ4v) is 3.21. The quantitative estimate of drug-likeness (QED) is 0.486. The number of hydrogen-bond donors (Lipinski definition) is 1. The average molecular weight is 482 g/mol. The summed E-state index contributed by atoms with van der Waals surface area (Å²) in [7, 11) is 0. The van der Waals surface area contributed by atoms with Crippen molar-refractivity contribution in [3.63, 3.8) is 0 Å². The second-order valence-electron chi connectivity index (χ2n) is 7.09. The monoisotopic (exact) mass is 481 g/mol. The van der Waals surface area contributed by atoms with Gasteiger partial charge in [0.25, 0.3) is 5.91 Å². The van der Waals surface area contributed by atoms with E-state index in [-0.39, 0.29) is 16.4 Å². The van der Waals surface area contributed by atoms with Crippen molar-refractivity contribution in [2.75, 3.05) is 11.9 Å². The lowest BCUT2D eigenvalue weighted by atomic mass is 10.1. The molecule has 3 rings (SSSR count). The normalized spacial score (nSPS) is 11.2. The molecule has 0 aliphatic rings. The Morgan fingerprint density at radius 2 is 1.70 bits per heavy atom. The molecule has 1 aromatic heterocycles. The third kappa shape index (κ3) is 6.72. The molecule has 0 aliphatic carbocycles. The Labute approximate surface area is 192 Å². The molecule has 1 N–H and O–H groups in total. The van der Waals surface area contributed by atoms with Gasteiger partial charge in [-0.25, -0.2) is 9.48 Å². The maximum absolute atomic E-state index is 12.5. The van der Waals surface area contributed by atoms with E-state index >= 15 is 0 Å². The highest BCUT2D eigenvalue weighted by Gasteiger charge is 2.31. The number of amides is 1. The number of aryl methyl sites for hydroxylation is 2. The Bertz CT molecular complexity index is 1140. The van der Waals surface area contributed by atoms with Crippen LogP contribution in [0.25, 0.3) is 0 Å². The number of carbonyl (C=O) groups is 2. The number of carbonyl (C=O) groups excluding carboxylic acids is 2. The molecule has 0 atom stereocenters. The highest BCUT2D eigenvalue weighted by atomic mass is 35.5. The van der Waals surface area contributed by atoms with Gasteiger partial charge >= 0.3 is 12.3 Å². The molecule has 0 fully saturated rings. The molecule has 1 heterocycles. The maximum atomic E-state index is 12.5. The van der Waals surface area contributed by atoms with Gasteiger partial charge < -0.3 is 14.8 Å². The first-order valence-corrected chi connectivity index (χ1v) is 10.0. The van der Waals surface area contributed by atoms with E-state index in [0.717, 1.165) is 23.3 Å². The summed E-state index contributed by atoms with van der Waals surface area (Å²) in [6.45, 7) is 3.29. The Morgan fingerprint density at radius 3 is 2.30 bits per heavy atom. The molecule has 0 aliphatic heterocycles. The van der Waals surface area contributed by atoms with Gasteiger partial charge in [0.2, 0.25) is 0 Å². The van der Waals surface area contributed by atoms with Gasteiger partial charge in [-0.2, -0.15) is 5.10 Å². The standard InChI is InChI=1S/C22H19ClF3N3O4/c1-13-3-5-15(6-4-13)11-29-20(23)19(14(2)28-29)21(31)32-12-18(30)27-16-7-9-17(10-8-16)33-22(24,25)26/h3-10H,11-12H2,1-2H3,(H,27,30). The predicted octanol–water partition coefficient (Wildman–Crippen LogP) is 4.90. The number of hydrogen-bond acceptors (Lipinski definition) is 5. The number of nitrogens with zero attached hydrogens (tertiary/aromatic N) is 2. The molecule has 0 radical (unpaired) electrons. The molecular weight excluding hydrogens is 463 g/mol. The SMILES string of the molecule is Cc1ccc(Cn2nc(C)c(C(=O)OCC(=O)Nc3ccc(OC(F)(F)F)cc3)c2Cl)cc1. The molecular formula is C22H19ClF3N3O4. The average Bonchev–Trinajstić information content (AvgIpc) is 3.01. The first-order valence-electron chi connectivity index (χ1n) is 9.63. The van der Waals surface area contributed by atoms with Crippen LogP contribution in [0.15, 0.2) is 48.5 Å². The van der Waals surface area contributed by atoms with Crippen molar-refractivity contribution in [3.05, 3.63) is 76.1 Å². The summed E-state index contributed by atoms with van der Waals surface area (Å²) < 4.78 is 46.8. The maximum Gasteiger partial charge on any atom is 0.573 e. The molecule has 0 unspecified atom stereocenters. The lowest BCUT2D eigenvalue weighted by Gasteiger charge is -2.10. The van der Waals surface area contributed by atoms with Crippen LogP contribution in [0.4, 0.5) is 18.9 Å². The van der Waals surface area contributed by atoms with Crippen molar-refractivity contribution in [1.82, 2.24) is 9.78 Å². The Kier molecular flexibility index (Phi) is 7.27. The van der Waals surface area contributed by atoms with Gasteiger partial charge in [-0.15, -0.1) is 13.2 Å². The summed E-state index contributed by atoms with van der Waals surface area (Å²) in [4.78, 5) is 24.5.